The standard InChI is InChI=1S/C31H30ClFN4O3S/c1-4-19(2)34-26(38)17-36-27(39)18-41-30(21-7-11-23(33)12-8-21)28-29(20-5-9-22(32)10-6-20)35-37(31(28)36)24-13-15-25(40-3)16-14-24/h5-16,19,30H,4,17-18H2,1-3H3,(H,34,38)/t19-,30+/m0/s1. The van der Waals surface area contributed by atoms with E-state index in [9.17, 15) is 14.0 Å². The summed E-state index contributed by atoms with van der Waals surface area (Å²) in [6.45, 7) is 3.74. The molecule has 0 spiro atoms. The van der Waals surface area contributed by atoms with Crippen molar-refractivity contribution in [2.24, 2.45) is 0 Å². The van der Waals surface area contributed by atoms with Crippen LogP contribution in [0.25, 0.3) is 16.9 Å². The molecule has 4 aromatic rings. The number of benzene rings is 3. The average Bonchev–Trinajstić information content (AvgIpc) is 3.30. The van der Waals surface area contributed by atoms with Gasteiger partial charge in [0.25, 0.3) is 0 Å². The van der Waals surface area contributed by atoms with Crippen LogP contribution in [0, 0.1) is 5.82 Å². The van der Waals surface area contributed by atoms with Crippen molar-refractivity contribution in [3.05, 3.63) is 94.8 Å². The van der Waals surface area contributed by atoms with Crippen molar-refractivity contribution >= 4 is 41.0 Å². The molecule has 41 heavy (non-hydrogen) atoms. The van der Waals surface area contributed by atoms with Crippen LogP contribution in [-0.2, 0) is 9.59 Å². The molecule has 2 heterocycles. The molecule has 2 amide bonds. The highest BCUT2D eigenvalue weighted by atomic mass is 35.5. The average molecular weight is 593 g/mol. The summed E-state index contributed by atoms with van der Waals surface area (Å²) in [7, 11) is 1.59. The van der Waals surface area contributed by atoms with Crippen molar-refractivity contribution in [3.8, 4) is 22.7 Å². The van der Waals surface area contributed by atoms with Crippen molar-refractivity contribution in [3.63, 3.8) is 0 Å². The van der Waals surface area contributed by atoms with Crippen LogP contribution in [0.4, 0.5) is 10.2 Å². The van der Waals surface area contributed by atoms with Gasteiger partial charge < -0.3 is 10.1 Å². The van der Waals surface area contributed by atoms with Crippen LogP contribution in [0.15, 0.2) is 72.8 Å². The van der Waals surface area contributed by atoms with Crippen LogP contribution in [-0.4, -0.2) is 47.0 Å². The van der Waals surface area contributed by atoms with Gasteiger partial charge in [0.15, 0.2) is 0 Å². The number of fused-ring (bicyclic) bond motifs is 1. The highest BCUT2D eigenvalue weighted by molar-refractivity contribution is 8.00. The molecule has 3 aromatic carbocycles. The molecule has 1 aliphatic heterocycles. The van der Waals surface area contributed by atoms with Crippen LogP contribution in [0.1, 0.15) is 36.6 Å². The molecule has 1 N–H and O–H groups in total. The molecule has 0 saturated carbocycles. The van der Waals surface area contributed by atoms with E-state index in [0.717, 1.165) is 23.1 Å². The van der Waals surface area contributed by atoms with E-state index in [1.54, 1.807) is 36.1 Å². The Bertz CT molecular complexity index is 1540. The molecule has 5 rings (SSSR count). The Kier molecular flexibility index (Phi) is 8.65. The highest BCUT2D eigenvalue weighted by Gasteiger charge is 2.37. The lowest BCUT2D eigenvalue weighted by Gasteiger charge is -2.24. The van der Waals surface area contributed by atoms with Gasteiger partial charge in [0.1, 0.15) is 23.9 Å². The molecule has 0 fully saturated rings. The maximum atomic E-state index is 13.9. The Morgan fingerprint density at radius 1 is 1.12 bits per heavy atom. The molecule has 0 saturated heterocycles. The highest BCUT2D eigenvalue weighted by Crippen LogP contribution is 2.48. The fraction of sp³-hybridized carbons (Fsp3) is 0.258. The molecular formula is C31H30ClFN4O3S. The van der Waals surface area contributed by atoms with Crippen LogP contribution in [0.2, 0.25) is 5.02 Å². The van der Waals surface area contributed by atoms with Crippen LogP contribution < -0.4 is 15.0 Å². The summed E-state index contributed by atoms with van der Waals surface area (Å²) < 4.78 is 21.0. The molecular weight excluding hydrogens is 563 g/mol. The SMILES string of the molecule is CC[C@H](C)NC(=O)CN1C(=O)CS[C@H](c2ccc(F)cc2)c2c(-c3ccc(Cl)cc3)nn(-c3ccc(OC)cc3)c21. The fourth-order valence-electron chi connectivity index (χ4n) is 4.71. The first-order chi connectivity index (χ1) is 19.8. The number of ether oxygens (including phenoxy) is 1. The third-order valence-electron chi connectivity index (χ3n) is 7.02. The van der Waals surface area contributed by atoms with E-state index in [0.29, 0.717) is 28.0 Å². The number of nitrogens with zero attached hydrogens (tertiary/aromatic N) is 3. The Balaban J connectivity index is 1.77. The second-order valence-electron chi connectivity index (χ2n) is 9.80. The third kappa shape index (κ3) is 6.11. The lowest BCUT2D eigenvalue weighted by atomic mass is 9.99. The zero-order valence-corrected chi connectivity index (χ0v) is 24.5. The van der Waals surface area contributed by atoms with Crippen LogP contribution in [0.3, 0.4) is 0 Å². The van der Waals surface area contributed by atoms with Crippen molar-refractivity contribution < 1.29 is 18.7 Å². The van der Waals surface area contributed by atoms with E-state index >= 15 is 0 Å². The smallest absolute Gasteiger partial charge is 0.240 e. The van der Waals surface area contributed by atoms with Crippen molar-refractivity contribution in [2.75, 3.05) is 24.3 Å². The minimum atomic E-state index is -0.366. The van der Waals surface area contributed by atoms with Gasteiger partial charge in [-0.05, 0) is 67.4 Å². The first kappa shape index (κ1) is 28.7. The zero-order chi connectivity index (χ0) is 29.1. The summed E-state index contributed by atoms with van der Waals surface area (Å²) >= 11 is 7.64. The van der Waals surface area contributed by atoms with Crippen molar-refractivity contribution in [1.82, 2.24) is 15.1 Å². The Morgan fingerprint density at radius 2 is 1.80 bits per heavy atom. The summed E-state index contributed by atoms with van der Waals surface area (Å²) in [5.74, 6) is 0.445. The first-order valence-corrected chi connectivity index (χ1v) is 14.7. The van der Waals surface area contributed by atoms with Gasteiger partial charge in [-0.15, -0.1) is 11.8 Å². The summed E-state index contributed by atoms with van der Waals surface area (Å²) in [6, 6.07) is 20.9. The lowest BCUT2D eigenvalue weighted by molar-refractivity contribution is -0.123. The largest absolute Gasteiger partial charge is 0.497 e. The number of anilines is 1. The molecule has 0 bridgehead atoms. The van der Waals surface area contributed by atoms with Gasteiger partial charge in [0.2, 0.25) is 11.8 Å². The topological polar surface area (TPSA) is 76.5 Å². The number of nitrogens with one attached hydrogen (secondary N) is 1. The summed E-state index contributed by atoms with van der Waals surface area (Å²) in [5.41, 5.74) is 3.69. The second-order valence-corrected chi connectivity index (χ2v) is 11.3. The summed E-state index contributed by atoms with van der Waals surface area (Å²) in [5, 5.41) is 8.23. The number of methoxy groups -OCH3 is 1. The number of halogens is 2. The Labute approximate surface area is 247 Å². The molecule has 7 nitrogen and oxygen atoms in total. The first-order valence-electron chi connectivity index (χ1n) is 13.3. The molecule has 0 unspecified atom stereocenters. The van der Waals surface area contributed by atoms with Crippen LogP contribution in [0.5, 0.6) is 5.75 Å². The molecule has 0 aliphatic carbocycles. The summed E-state index contributed by atoms with van der Waals surface area (Å²) in [4.78, 5) is 28.4. The molecule has 212 valence electrons. The maximum absolute atomic E-state index is 13.9. The number of carbonyl (C=O) groups excluding carboxylic acids is 2. The van der Waals surface area contributed by atoms with E-state index in [-0.39, 0.29) is 41.2 Å². The van der Waals surface area contributed by atoms with E-state index < -0.39 is 0 Å². The monoisotopic (exact) mass is 592 g/mol. The maximum Gasteiger partial charge on any atom is 0.240 e. The van der Waals surface area contributed by atoms with Gasteiger partial charge in [-0.1, -0.05) is 42.8 Å². The number of hydrogen-bond acceptors (Lipinski definition) is 5. The number of hydrogen-bond donors (Lipinski definition) is 1. The number of amides is 2. The number of thioether (sulfide) groups is 1. The van der Waals surface area contributed by atoms with Gasteiger partial charge in [-0.2, -0.15) is 5.10 Å². The minimum absolute atomic E-state index is 0.0403. The lowest BCUT2D eigenvalue weighted by Crippen LogP contribution is -2.44. The third-order valence-corrected chi connectivity index (χ3v) is 8.52. The van der Waals surface area contributed by atoms with Gasteiger partial charge in [0.05, 0.1) is 29.5 Å². The molecule has 0 radical (unpaired) electrons. The number of rotatable bonds is 8. The van der Waals surface area contributed by atoms with E-state index in [4.69, 9.17) is 21.4 Å². The fourth-order valence-corrected chi connectivity index (χ4v) is 6.03. The van der Waals surface area contributed by atoms with Gasteiger partial charge in [0, 0.05) is 22.2 Å². The van der Waals surface area contributed by atoms with Crippen LogP contribution >= 0.6 is 23.4 Å². The predicted molar refractivity (Wildman–Crippen MR) is 162 cm³/mol. The van der Waals surface area contributed by atoms with Gasteiger partial charge in [-0.3, -0.25) is 14.5 Å². The van der Waals surface area contributed by atoms with E-state index in [1.807, 2.05) is 50.2 Å². The Morgan fingerprint density at radius 3 is 2.44 bits per heavy atom. The molecule has 2 atom stereocenters. The normalized spacial score (nSPS) is 15.7. The quantitative estimate of drug-likeness (QED) is 0.255. The van der Waals surface area contributed by atoms with Gasteiger partial charge >= 0.3 is 0 Å². The van der Waals surface area contributed by atoms with Gasteiger partial charge in [-0.25, -0.2) is 9.07 Å². The number of aromatic nitrogens is 2. The zero-order valence-electron chi connectivity index (χ0n) is 22.9. The van der Waals surface area contributed by atoms with Crippen molar-refractivity contribution in [1.29, 1.82) is 0 Å². The molecule has 1 aromatic heterocycles. The Hall–Kier alpha value is -3.82. The second kappa shape index (κ2) is 12.4. The molecule has 10 heteroatoms. The van der Waals surface area contributed by atoms with Crippen molar-refractivity contribution in [2.45, 2.75) is 31.6 Å². The van der Waals surface area contributed by atoms with E-state index in [1.165, 1.54) is 28.8 Å². The summed E-state index contributed by atoms with van der Waals surface area (Å²) in [6.07, 6.45) is 0.762. The number of carbonyl (C=O) groups is 2. The predicted octanol–water partition coefficient (Wildman–Crippen LogP) is 6.42. The minimum Gasteiger partial charge on any atom is -0.497 e. The molecule has 1 aliphatic rings. The van der Waals surface area contributed by atoms with E-state index in [2.05, 4.69) is 5.32 Å².